The van der Waals surface area contributed by atoms with E-state index in [0.29, 0.717) is 16.5 Å². The molecule has 5 nitrogen and oxygen atoms in total. The van der Waals surface area contributed by atoms with Crippen LogP contribution < -0.4 is 9.64 Å². The number of aromatic nitrogens is 2. The van der Waals surface area contributed by atoms with Gasteiger partial charge in [-0.1, -0.05) is 57.9 Å². The first-order valence-electron chi connectivity index (χ1n) is 9.64. The number of anilines is 1. The van der Waals surface area contributed by atoms with Gasteiger partial charge in [0.1, 0.15) is 11.4 Å². The van der Waals surface area contributed by atoms with Crippen LogP contribution in [0.1, 0.15) is 27.7 Å². The third kappa shape index (κ3) is 3.32. The molecule has 3 aromatic carbocycles. The molecule has 0 spiro atoms. The third-order valence-corrected chi connectivity index (χ3v) is 6.20. The molecule has 1 aliphatic rings. The van der Waals surface area contributed by atoms with Gasteiger partial charge in [0, 0.05) is 31.9 Å². The van der Waals surface area contributed by atoms with Crippen LogP contribution in [0.25, 0.3) is 11.3 Å². The predicted octanol–water partition coefficient (Wildman–Crippen LogP) is 6.25. The maximum Gasteiger partial charge on any atom is 0.277 e. The number of fused-ring (bicyclic) bond motifs is 1. The van der Waals surface area contributed by atoms with E-state index >= 15 is 0 Å². The molecule has 4 aromatic rings. The number of halogens is 2. The number of H-pyrrole nitrogens is 1. The molecule has 0 bridgehead atoms. The van der Waals surface area contributed by atoms with E-state index in [4.69, 9.17) is 16.3 Å². The number of nitrogens with zero attached hydrogens (tertiary/aromatic N) is 2. The van der Waals surface area contributed by atoms with Gasteiger partial charge in [-0.3, -0.25) is 14.8 Å². The van der Waals surface area contributed by atoms with Gasteiger partial charge in [-0.2, -0.15) is 5.10 Å². The lowest BCUT2D eigenvalue weighted by Gasteiger charge is -2.27. The number of nitrogens with one attached hydrogen (secondary N) is 1. The summed E-state index contributed by atoms with van der Waals surface area (Å²) in [6.45, 7) is 0. The molecule has 0 fully saturated rings. The molecule has 1 aliphatic heterocycles. The van der Waals surface area contributed by atoms with Gasteiger partial charge in [0.2, 0.25) is 0 Å². The minimum Gasteiger partial charge on any atom is -0.496 e. The van der Waals surface area contributed by atoms with E-state index in [1.165, 1.54) is 0 Å². The van der Waals surface area contributed by atoms with Gasteiger partial charge in [0.05, 0.1) is 18.8 Å². The van der Waals surface area contributed by atoms with Gasteiger partial charge in [0.25, 0.3) is 5.91 Å². The van der Waals surface area contributed by atoms with E-state index in [0.717, 1.165) is 32.5 Å². The largest absolute Gasteiger partial charge is 0.496 e. The molecular formula is C24H17BrClN3O2. The molecule has 2 heterocycles. The average Bonchev–Trinajstić information content (AvgIpc) is 3.34. The van der Waals surface area contributed by atoms with E-state index < -0.39 is 6.04 Å². The van der Waals surface area contributed by atoms with Crippen LogP contribution in [-0.2, 0) is 0 Å². The highest BCUT2D eigenvalue weighted by atomic mass is 79.9. The monoisotopic (exact) mass is 493 g/mol. The summed E-state index contributed by atoms with van der Waals surface area (Å²) in [6.07, 6.45) is 0. The molecule has 7 heteroatoms. The van der Waals surface area contributed by atoms with Crippen molar-refractivity contribution in [1.29, 1.82) is 0 Å². The summed E-state index contributed by atoms with van der Waals surface area (Å²) < 4.78 is 6.63. The maximum atomic E-state index is 13.5. The number of amides is 1. The lowest BCUT2D eigenvalue weighted by molar-refractivity contribution is 0.0988. The Kier molecular flexibility index (Phi) is 5.04. The first-order chi connectivity index (χ1) is 15.1. The normalized spacial score (nSPS) is 15.3. The Balaban J connectivity index is 1.75. The molecule has 0 aliphatic carbocycles. The van der Waals surface area contributed by atoms with Crippen LogP contribution in [0.3, 0.4) is 0 Å². The molecule has 0 radical (unpaired) electrons. The van der Waals surface area contributed by atoms with Crippen molar-refractivity contribution in [2.75, 3.05) is 12.0 Å². The number of ether oxygens (including phenoxy) is 1. The van der Waals surface area contributed by atoms with Crippen molar-refractivity contribution in [3.63, 3.8) is 0 Å². The molecule has 154 valence electrons. The summed E-state index contributed by atoms with van der Waals surface area (Å²) in [7, 11) is 1.63. The molecule has 31 heavy (non-hydrogen) atoms. The highest BCUT2D eigenvalue weighted by Gasteiger charge is 2.44. The van der Waals surface area contributed by atoms with Gasteiger partial charge in [-0.15, -0.1) is 0 Å². The number of aromatic amines is 1. The summed E-state index contributed by atoms with van der Waals surface area (Å²) in [5.41, 5.74) is 4.59. The van der Waals surface area contributed by atoms with E-state index in [9.17, 15) is 4.79 Å². The number of carbonyl (C=O) groups excluding carboxylic acids is 1. The van der Waals surface area contributed by atoms with Crippen molar-refractivity contribution in [1.82, 2.24) is 10.2 Å². The summed E-state index contributed by atoms with van der Waals surface area (Å²) in [4.78, 5) is 15.3. The summed E-state index contributed by atoms with van der Waals surface area (Å²) in [6, 6.07) is 22.5. The fraction of sp³-hybridized carbons (Fsp3) is 0.0833. The number of methoxy groups -OCH3 is 1. The first kappa shape index (κ1) is 19.8. The summed E-state index contributed by atoms with van der Waals surface area (Å²) >= 11 is 9.57. The smallest absolute Gasteiger partial charge is 0.277 e. The Morgan fingerprint density at radius 2 is 1.74 bits per heavy atom. The van der Waals surface area contributed by atoms with Gasteiger partial charge in [-0.05, 0) is 42.5 Å². The van der Waals surface area contributed by atoms with Crippen molar-refractivity contribution < 1.29 is 9.53 Å². The summed E-state index contributed by atoms with van der Waals surface area (Å²) in [5.74, 6) is 0.555. The first-order valence-corrected chi connectivity index (χ1v) is 10.8. The number of carbonyl (C=O) groups is 1. The van der Waals surface area contributed by atoms with Crippen molar-refractivity contribution in [2.24, 2.45) is 0 Å². The fourth-order valence-corrected chi connectivity index (χ4v) is 4.42. The molecule has 0 saturated heterocycles. The third-order valence-electron chi connectivity index (χ3n) is 5.42. The Hall–Kier alpha value is -3.09. The molecule has 5 rings (SSSR count). The van der Waals surface area contributed by atoms with Gasteiger partial charge in [0.15, 0.2) is 0 Å². The molecular weight excluding hydrogens is 478 g/mol. The number of hydrogen-bond acceptors (Lipinski definition) is 3. The Bertz CT molecular complexity index is 1270. The van der Waals surface area contributed by atoms with Gasteiger partial charge < -0.3 is 4.74 Å². The maximum absolute atomic E-state index is 13.5. The second-order valence-corrected chi connectivity index (χ2v) is 8.52. The van der Waals surface area contributed by atoms with E-state index in [-0.39, 0.29) is 5.91 Å². The van der Waals surface area contributed by atoms with E-state index in [1.807, 2.05) is 60.7 Å². The molecule has 0 unspecified atom stereocenters. The van der Waals surface area contributed by atoms with Crippen LogP contribution in [-0.4, -0.2) is 23.2 Å². The van der Waals surface area contributed by atoms with Crippen molar-refractivity contribution in [2.45, 2.75) is 6.04 Å². The van der Waals surface area contributed by atoms with Crippen LogP contribution in [0.5, 0.6) is 5.75 Å². The second-order valence-electron chi connectivity index (χ2n) is 7.16. The lowest BCUT2D eigenvalue weighted by atomic mass is 9.95. The minimum atomic E-state index is -0.405. The summed E-state index contributed by atoms with van der Waals surface area (Å²) in [5, 5.41) is 8.10. The quantitative estimate of drug-likeness (QED) is 0.365. The predicted molar refractivity (Wildman–Crippen MR) is 125 cm³/mol. The second kappa shape index (κ2) is 7.87. The van der Waals surface area contributed by atoms with Crippen molar-refractivity contribution in [3.05, 3.63) is 99.1 Å². The highest BCUT2D eigenvalue weighted by Crippen LogP contribution is 2.47. The van der Waals surface area contributed by atoms with Crippen molar-refractivity contribution in [3.8, 4) is 17.0 Å². The van der Waals surface area contributed by atoms with Crippen molar-refractivity contribution >= 4 is 39.1 Å². The minimum absolute atomic E-state index is 0.149. The number of para-hydroxylation sites is 1. The standard InChI is InChI=1S/C24H17BrClN3O2/c1-31-19-5-3-2-4-18(19)23-20-21(14-6-8-15(25)9-7-14)27-28-22(20)24(30)29(23)17-12-10-16(26)11-13-17/h2-13,23H,1H3,(H,27,28)/t23-/m0/s1. The molecule has 1 amide bonds. The van der Waals surface area contributed by atoms with Crippen LogP contribution in [0.4, 0.5) is 5.69 Å². The molecule has 1 N–H and O–H groups in total. The fourth-order valence-electron chi connectivity index (χ4n) is 4.03. The zero-order valence-corrected chi connectivity index (χ0v) is 18.8. The zero-order valence-electron chi connectivity index (χ0n) is 16.5. The zero-order chi connectivity index (χ0) is 21.5. The number of benzene rings is 3. The van der Waals surface area contributed by atoms with Crippen LogP contribution in [0, 0.1) is 0 Å². The number of rotatable bonds is 4. The molecule has 0 saturated carbocycles. The Labute approximate surface area is 192 Å². The SMILES string of the molecule is COc1ccccc1[C@H]1c2c(-c3ccc(Br)cc3)n[nH]c2C(=O)N1c1ccc(Cl)cc1. The lowest BCUT2D eigenvalue weighted by Crippen LogP contribution is -2.29. The highest BCUT2D eigenvalue weighted by molar-refractivity contribution is 9.10. The van der Waals surface area contributed by atoms with E-state index in [1.54, 1.807) is 24.1 Å². The van der Waals surface area contributed by atoms with E-state index in [2.05, 4.69) is 26.1 Å². The van der Waals surface area contributed by atoms with Crippen LogP contribution in [0.2, 0.25) is 5.02 Å². The number of hydrogen-bond donors (Lipinski definition) is 1. The topological polar surface area (TPSA) is 58.2 Å². The van der Waals surface area contributed by atoms with Gasteiger partial charge >= 0.3 is 0 Å². The van der Waals surface area contributed by atoms with Crippen LogP contribution >= 0.6 is 27.5 Å². The Morgan fingerprint density at radius 1 is 1.03 bits per heavy atom. The average molecular weight is 495 g/mol. The molecule has 1 aromatic heterocycles. The Morgan fingerprint density at radius 3 is 2.45 bits per heavy atom. The van der Waals surface area contributed by atoms with Crippen LogP contribution in [0.15, 0.2) is 77.3 Å². The van der Waals surface area contributed by atoms with Gasteiger partial charge in [-0.25, -0.2) is 0 Å². The molecule has 1 atom stereocenters.